The lowest BCUT2D eigenvalue weighted by Gasteiger charge is -2.31. The molecule has 1 atom stereocenters. The van der Waals surface area contributed by atoms with Crippen molar-refractivity contribution in [1.82, 2.24) is 4.90 Å². The number of carbonyl (C=O) groups excluding carboxylic acids is 1. The van der Waals surface area contributed by atoms with Crippen LogP contribution in [-0.4, -0.2) is 36.6 Å². The number of hydrogen-bond acceptors (Lipinski definition) is 3. The number of para-hydroxylation sites is 1. The van der Waals surface area contributed by atoms with Gasteiger partial charge in [0.15, 0.2) is 0 Å². The molecule has 126 valence electrons. The van der Waals surface area contributed by atoms with E-state index < -0.39 is 0 Å². The van der Waals surface area contributed by atoms with Crippen molar-refractivity contribution in [2.24, 2.45) is 0 Å². The van der Waals surface area contributed by atoms with Gasteiger partial charge in [0.2, 0.25) is 0 Å². The highest BCUT2D eigenvalue weighted by atomic mass is 35.5. The van der Waals surface area contributed by atoms with Gasteiger partial charge in [-0.2, -0.15) is 0 Å². The first-order chi connectivity index (χ1) is 11.6. The number of nitrogens with zero attached hydrogens (tertiary/aromatic N) is 1. The van der Waals surface area contributed by atoms with Crippen molar-refractivity contribution in [2.75, 3.05) is 19.7 Å². The first kappa shape index (κ1) is 16.8. The van der Waals surface area contributed by atoms with Gasteiger partial charge in [0.1, 0.15) is 12.4 Å². The Morgan fingerprint density at radius 2 is 2.00 bits per heavy atom. The first-order valence-corrected chi connectivity index (χ1v) is 8.38. The summed E-state index contributed by atoms with van der Waals surface area (Å²) in [7, 11) is 0. The van der Waals surface area contributed by atoms with Gasteiger partial charge >= 0.3 is 0 Å². The molecule has 3 rings (SSSR count). The quantitative estimate of drug-likeness (QED) is 0.846. The summed E-state index contributed by atoms with van der Waals surface area (Å²) in [6.07, 6.45) is 0.0600. The Morgan fingerprint density at radius 3 is 2.75 bits per heavy atom. The summed E-state index contributed by atoms with van der Waals surface area (Å²) >= 11 is 5.89. The van der Waals surface area contributed by atoms with E-state index in [1.54, 1.807) is 6.07 Å². The highest BCUT2D eigenvalue weighted by Crippen LogP contribution is 2.22. The SMILES string of the molecule is CC1CN(C(=O)c2ccccc2OCc2ccc(Cl)cc2)CCO1. The summed E-state index contributed by atoms with van der Waals surface area (Å²) in [5, 5.41) is 0.691. The van der Waals surface area contributed by atoms with Crippen LogP contribution in [0.25, 0.3) is 0 Å². The molecule has 0 aromatic heterocycles. The molecule has 0 bridgehead atoms. The summed E-state index contributed by atoms with van der Waals surface area (Å²) in [5.74, 6) is 0.577. The number of amides is 1. The van der Waals surface area contributed by atoms with Gasteiger partial charge in [-0.15, -0.1) is 0 Å². The number of benzene rings is 2. The summed E-state index contributed by atoms with van der Waals surface area (Å²) in [5.41, 5.74) is 1.59. The molecule has 1 amide bonds. The predicted octanol–water partition coefficient (Wildman–Crippen LogP) is 3.78. The van der Waals surface area contributed by atoms with E-state index in [0.29, 0.717) is 42.6 Å². The second kappa shape index (κ2) is 7.69. The minimum atomic E-state index is -0.0168. The van der Waals surface area contributed by atoms with Crippen molar-refractivity contribution >= 4 is 17.5 Å². The molecule has 1 aliphatic rings. The molecule has 2 aromatic rings. The minimum absolute atomic E-state index is 0.0168. The Bertz CT molecular complexity index is 702. The Hall–Kier alpha value is -2.04. The molecule has 0 saturated carbocycles. The van der Waals surface area contributed by atoms with Crippen molar-refractivity contribution in [1.29, 1.82) is 0 Å². The van der Waals surface area contributed by atoms with Crippen molar-refractivity contribution in [3.63, 3.8) is 0 Å². The number of carbonyl (C=O) groups is 1. The third-order valence-electron chi connectivity index (χ3n) is 3.95. The third kappa shape index (κ3) is 4.08. The van der Waals surface area contributed by atoms with Gasteiger partial charge in [-0.1, -0.05) is 35.9 Å². The molecule has 0 radical (unpaired) electrons. The highest BCUT2D eigenvalue weighted by Gasteiger charge is 2.24. The van der Waals surface area contributed by atoms with Gasteiger partial charge in [-0.05, 0) is 36.8 Å². The number of halogens is 1. The average molecular weight is 346 g/mol. The van der Waals surface area contributed by atoms with Crippen LogP contribution in [0.15, 0.2) is 48.5 Å². The van der Waals surface area contributed by atoms with Gasteiger partial charge < -0.3 is 14.4 Å². The molecule has 0 spiro atoms. The van der Waals surface area contributed by atoms with Crippen LogP contribution in [0.5, 0.6) is 5.75 Å². The van der Waals surface area contributed by atoms with E-state index in [4.69, 9.17) is 21.1 Å². The van der Waals surface area contributed by atoms with Crippen molar-refractivity contribution in [3.8, 4) is 5.75 Å². The molecule has 5 heteroatoms. The van der Waals surface area contributed by atoms with Crippen LogP contribution in [0.3, 0.4) is 0 Å². The van der Waals surface area contributed by atoms with Gasteiger partial charge in [-0.25, -0.2) is 0 Å². The zero-order valence-corrected chi connectivity index (χ0v) is 14.3. The van der Waals surface area contributed by atoms with E-state index >= 15 is 0 Å². The Balaban J connectivity index is 1.72. The third-order valence-corrected chi connectivity index (χ3v) is 4.21. The number of morpholine rings is 1. The van der Waals surface area contributed by atoms with Crippen molar-refractivity contribution in [2.45, 2.75) is 19.6 Å². The van der Waals surface area contributed by atoms with Crippen LogP contribution < -0.4 is 4.74 Å². The lowest BCUT2D eigenvalue weighted by atomic mass is 10.1. The molecule has 4 nitrogen and oxygen atoms in total. The Labute approximate surface area is 146 Å². The van der Waals surface area contributed by atoms with E-state index in [9.17, 15) is 4.79 Å². The van der Waals surface area contributed by atoms with E-state index in [0.717, 1.165) is 5.56 Å². The van der Waals surface area contributed by atoms with Crippen LogP contribution in [0.4, 0.5) is 0 Å². The monoisotopic (exact) mass is 345 g/mol. The molecular weight excluding hydrogens is 326 g/mol. The molecule has 0 aliphatic carbocycles. The fourth-order valence-corrected chi connectivity index (χ4v) is 2.81. The molecule has 1 unspecified atom stereocenters. The van der Waals surface area contributed by atoms with Crippen LogP contribution in [-0.2, 0) is 11.3 Å². The normalized spacial score (nSPS) is 17.6. The molecule has 2 aromatic carbocycles. The zero-order chi connectivity index (χ0) is 16.9. The number of ether oxygens (including phenoxy) is 2. The first-order valence-electron chi connectivity index (χ1n) is 8.00. The average Bonchev–Trinajstić information content (AvgIpc) is 2.61. The Morgan fingerprint density at radius 1 is 1.25 bits per heavy atom. The summed E-state index contributed by atoms with van der Waals surface area (Å²) < 4.78 is 11.4. The van der Waals surface area contributed by atoms with Gasteiger partial charge in [0.25, 0.3) is 5.91 Å². The fourth-order valence-electron chi connectivity index (χ4n) is 2.68. The summed E-state index contributed by atoms with van der Waals surface area (Å²) in [6.45, 7) is 4.14. The van der Waals surface area contributed by atoms with Crippen molar-refractivity contribution in [3.05, 3.63) is 64.7 Å². The summed E-state index contributed by atoms with van der Waals surface area (Å²) in [6, 6.07) is 14.8. The number of rotatable bonds is 4. The van der Waals surface area contributed by atoms with E-state index in [1.165, 1.54) is 0 Å². The lowest BCUT2D eigenvalue weighted by Crippen LogP contribution is -2.44. The van der Waals surface area contributed by atoms with E-state index in [1.807, 2.05) is 54.3 Å². The molecule has 1 aliphatic heterocycles. The fraction of sp³-hybridized carbons (Fsp3) is 0.316. The largest absolute Gasteiger partial charge is 0.488 e. The lowest BCUT2D eigenvalue weighted by molar-refractivity contribution is -0.0125. The number of hydrogen-bond donors (Lipinski definition) is 0. The standard InChI is InChI=1S/C19H20ClNO3/c1-14-12-21(10-11-23-14)19(22)17-4-2-3-5-18(17)24-13-15-6-8-16(20)9-7-15/h2-9,14H,10-13H2,1H3. The maximum absolute atomic E-state index is 12.8. The van der Waals surface area contributed by atoms with Crippen LogP contribution in [0.2, 0.25) is 5.02 Å². The highest BCUT2D eigenvalue weighted by molar-refractivity contribution is 6.30. The summed E-state index contributed by atoms with van der Waals surface area (Å²) in [4.78, 5) is 14.6. The minimum Gasteiger partial charge on any atom is -0.488 e. The van der Waals surface area contributed by atoms with Crippen LogP contribution >= 0.6 is 11.6 Å². The Kier molecular flexibility index (Phi) is 5.38. The van der Waals surface area contributed by atoms with Gasteiger partial charge in [-0.3, -0.25) is 4.79 Å². The molecule has 1 fully saturated rings. The van der Waals surface area contributed by atoms with E-state index in [2.05, 4.69) is 0 Å². The zero-order valence-electron chi connectivity index (χ0n) is 13.6. The van der Waals surface area contributed by atoms with Crippen LogP contribution in [0.1, 0.15) is 22.8 Å². The predicted molar refractivity (Wildman–Crippen MR) is 93.5 cm³/mol. The molecule has 0 N–H and O–H groups in total. The maximum Gasteiger partial charge on any atom is 0.257 e. The smallest absolute Gasteiger partial charge is 0.257 e. The molecule has 1 saturated heterocycles. The molecular formula is C19H20ClNO3. The van der Waals surface area contributed by atoms with Crippen molar-refractivity contribution < 1.29 is 14.3 Å². The molecule has 1 heterocycles. The second-order valence-electron chi connectivity index (χ2n) is 5.84. The van der Waals surface area contributed by atoms with Crippen LogP contribution in [0, 0.1) is 0 Å². The molecule has 24 heavy (non-hydrogen) atoms. The van der Waals surface area contributed by atoms with Gasteiger partial charge in [0.05, 0.1) is 18.3 Å². The van der Waals surface area contributed by atoms with E-state index in [-0.39, 0.29) is 12.0 Å². The van der Waals surface area contributed by atoms with Gasteiger partial charge in [0, 0.05) is 18.1 Å². The second-order valence-corrected chi connectivity index (χ2v) is 6.28. The topological polar surface area (TPSA) is 38.8 Å². The maximum atomic E-state index is 12.8.